The van der Waals surface area contributed by atoms with Crippen molar-refractivity contribution in [3.63, 3.8) is 0 Å². The second kappa shape index (κ2) is 6.60. The van der Waals surface area contributed by atoms with Crippen molar-refractivity contribution in [1.82, 2.24) is 9.97 Å². The molecule has 1 aromatic carbocycles. The van der Waals surface area contributed by atoms with Gasteiger partial charge in [0.25, 0.3) is 0 Å². The number of hydrogen-bond acceptors (Lipinski definition) is 6. The van der Waals surface area contributed by atoms with Gasteiger partial charge in [0, 0.05) is 13.1 Å². The molecule has 0 aliphatic rings. The van der Waals surface area contributed by atoms with Crippen LogP contribution < -0.4 is 10.6 Å². The Morgan fingerprint density at radius 3 is 2.38 bits per heavy atom. The van der Waals surface area contributed by atoms with Crippen LogP contribution in [0.4, 0.5) is 21.7 Å². The molecule has 0 atom stereocenters. The van der Waals surface area contributed by atoms with Crippen molar-refractivity contribution in [2.45, 2.75) is 13.5 Å². The Balaban J connectivity index is 2.21. The highest BCUT2D eigenvalue weighted by Gasteiger charge is 2.22. The van der Waals surface area contributed by atoms with E-state index in [-0.39, 0.29) is 23.1 Å². The number of anilines is 2. The van der Waals surface area contributed by atoms with Gasteiger partial charge in [-0.05, 0) is 24.6 Å². The molecule has 0 aliphatic heterocycles. The standard InChI is InChI=1S/C13H14FN5O2/c1-2-15-12-11(19(20)21)13(18-8-17-12)16-7-9-3-5-10(14)6-4-9/h3-6,8H,2,7H2,1H3,(H2,15,16,17,18). The minimum Gasteiger partial charge on any atom is -0.364 e. The molecule has 0 bridgehead atoms. The quantitative estimate of drug-likeness (QED) is 0.627. The molecule has 8 heteroatoms. The fourth-order valence-corrected chi connectivity index (χ4v) is 1.77. The summed E-state index contributed by atoms with van der Waals surface area (Å²) >= 11 is 0. The van der Waals surface area contributed by atoms with Crippen LogP contribution >= 0.6 is 0 Å². The van der Waals surface area contributed by atoms with Crippen molar-refractivity contribution < 1.29 is 9.31 Å². The number of nitro groups is 1. The van der Waals surface area contributed by atoms with Gasteiger partial charge in [0.05, 0.1) is 4.92 Å². The van der Waals surface area contributed by atoms with Gasteiger partial charge < -0.3 is 10.6 Å². The summed E-state index contributed by atoms with van der Waals surface area (Å²) < 4.78 is 12.8. The van der Waals surface area contributed by atoms with Crippen LogP contribution in [0.15, 0.2) is 30.6 Å². The molecule has 21 heavy (non-hydrogen) atoms. The molecule has 2 aromatic rings. The van der Waals surface area contributed by atoms with E-state index in [4.69, 9.17) is 0 Å². The van der Waals surface area contributed by atoms with Crippen LogP contribution in [0, 0.1) is 15.9 Å². The highest BCUT2D eigenvalue weighted by molar-refractivity contribution is 5.69. The van der Waals surface area contributed by atoms with Gasteiger partial charge in [-0.2, -0.15) is 0 Å². The van der Waals surface area contributed by atoms with Gasteiger partial charge in [-0.1, -0.05) is 12.1 Å². The van der Waals surface area contributed by atoms with Gasteiger partial charge in [0.2, 0.25) is 11.6 Å². The van der Waals surface area contributed by atoms with Crippen LogP contribution in [0.1, 0.15) is 12.5 Å². The number of nitrogens with one attached hydrogen (secondary N) is 2. The Labute approximate surface area is 120 Å². The summed E-state index contributed by atoms with van der Waals surface area (Å²) in [5.41, 5.74) is 0.579. The topological polar surface area (TPSA) is 93.0 Å². The lowest BCUT2D eigenvalue weighted by atomic mass is 10.2. The molecule has 0 aliphatic carbocycles. The maximum Gasteiger partial charge on any atom is 0.353 e. The summed E-state index contributed by atoms with van der Waals surface area (Å²) in [6.07, 6.45) is 1.25. The molecular weight excluding hydrogens is 277 g/mol. The third-order valence-corrected chi connectivity index (χ3v) is 2.72. The van der Waals surface area contributed by atoms with Crippen molar-refractivity contribution in [2.75, 3.05) is 17.2 Å². The second-order valence-electron chi connectivity index (χ2n) is 4.19. The van der Waals surface area contributed by atoms with Gasteiger partial charge in [-0.15, -0.1) is 0 Å². The summed E-state index contributed by atoms with van der Waals surface area (Å²) in [6.45, 7) is 2.62. The first-order valence-electron chi connectivity index (χ1n) is 6.33. The fourth-order valence-electron chi connectivity index (χ4n) is 1.77. The summed E-state index contributed by atoms with van der Waals surface area (Å²) in [5.74, 6) is -0.0458. The molecule has 0 amide bonds. The number of hydrogen-bond donors (Lipinski definition) is 2. The molecule has 0 spiro atoms. The number of nitrogens with zero attached hydrogens (tertiary/aromatic N) is 3. The highest BCUT2D eigenvalue weighted by Crippen LogP contribution is 2.28. The van der Waals surface area contributed by atoms with Crippen molar-refractivity contribution in [3.8, 4) is 0 Å². The second-order valence-corrected chi connectivity index (χ2v) is 4.19. The molecule has 7 nitrogen and oxygen atoms in total. The van der Waals surface area contributed by atoms with Crippen molar-refractivity contribution in [3.05, 3.63) is 52.1 Å². The zero-order chi connectivity index (χ0) is 15.2. The Morgan fingerprint density at radius 1 is 1.19 bits per heavy atom. The maximum absolute atomic E-state index is 12.8. The molecule has 0 saturated heterocycles. The van der Waals surface area contributed by atoms with Crippen LogP contribution in [0.2, 0.25) is 0 Å². The van der Waals surface area contributed by atoms with E-state index in [2.05, 4.69) is 20.6 Å². The maximum atomic E-state index is 12.8. The Bertz CT molecular complexity index is 633. The van der Waals surface area contributed by atoms with E-state index in [1.165, 1.54) is 18.5 Å². The van der Waals surface area contributed by atoms with Crippen LogP contribution in [0.5, 0.6) is 0 Å². The number of benzene rings is 1. The van der Waals surface area contributed by atoms with Gasteiger partial charge in [0.1, 0.15) is 12.1 Å². The van der Waals surface area contributed by atoms with Gasteiger partial charge in [-0.3, -0.25) is 10.1 Å². The predicted molar refractivity (Wildman–Crippen MR) is 76.6 cm³/mol. The monoisotopic (exact) mass is 291 g/mol. The summed E-state index contributed by atoms with van der Waals surface area (Å²) in [6, 6.07) is 5.85. The van der Waals surface area contributed by atoms with E-state index < -0.39 is 4.92 Å². The Morgan fingerprint density at radius 2 is 1.81 bits per heavy atom. The normalized spacial score (nSPS) is 10.2. The molecule has 0 fully saturated rings. The molecule has 1 aromatic heterocycles. The molecule has 2 rings (SSSR count). The zero-order valence-corrected chi connectivity index (χ0v) is 11.3. The van der Waals surface area contributed by atoms with Crippen LogP contribution in [-0.2, 0) is 6.54 Å². The lowest BCUT2D eigenvalue weighted by Crippen LogP contribution is -2.09. The number of halogens is 1. The molecule has 2 N–H and O–H groups in total. The largest absolute Gasteiger partial charge is 0.364 e. The smallest absolute Gasteiger partial charge is 0.353 e. The number of rotatable bonds is 6. The van der Waals surface area contributed by atoms with Gasteiger partial charge in [-0.25, -0.2) is 14.4 Å². The minimum absolute atomic E-state index is 0.121. The van der Waals surface area contributed by atoms with Crippen molar-refractivity contribution in [2.24, 2.45) is 0 Å². The first kappa shape index (κ1) is 14.6. The van der Waals surface area contributed by atoms with E-state index in [1.807, 2.05) is 6.92 Å². The van der Waals surface area contributed by atoms with Crippen LogP contribution in [0.25, 0.3) is 0 Å². The lowest BCUT2D eigenvalue weighted by molar-refractivity contribution is -0.383. The van der Waals surface area contributed by atoms with E-state index in [9.17, 15) is 14.5 Å². The average Bonchev–Trinajstić information content (AvgIpc) is 2.47. The summed E-state index contributed by atoms with van der Waals surface area (Å²) in [4.78, 5) is 18.4. The average molecular weight is 291 g/mol. The van der Waals surface area contributed by atoms with Crippen LogP contribution in [-0.4, -0.2) is 21.4 Å². The van der Waals surface area contributed by atoms with E-state index in [0.717, 1.165) is 5.56 Å². The Hall–Kier alpha value is -2.77. The summed E-state index contributed by atoms with van der Waals surface area (Å²) in [7, 11) is 0. The van der Waals surface area contributed by atoms with Crippen LogP contribution in [0.3, 0.4) is 0 Å². The minimum atomic E-state index is -0.537. The first-order chi connectivity index (χ1) is 10.1. The van der Waals surface area contributed by atoms with E-state index >= 15 is 0 Å². The zero-order valence-electron chi connectivity index (χ0n) is 11.3. The summed E-state index contributed by atoms with van der Waals surface area (Å²) in [5, 5.41) is 16.9. The highest BCUT2D eigenvalue weighted by atomic mass is 19.1. The first-order valence-corrected chi connectivity index (χ1v) is 6.33. The SMILES string of the molecule is CCNc1ncnc(NCc2ccc(F)cc2)c1[N+](=O)[O-]. The third-order valence-electron chi connectivity index (χ3n) is 2.72. The predicted octanol–water partition coefficient (Wildman–Crippen LogP) is 2.57. The molecule has 1 heterocycles. The molecule has 110 valence electrons. The number of aromatic nitrogens is 2. The van der Waals surface area contributed by atoms with E-state index in [0.29, 0.717) is 13.1 Å². The molecular formula is C13H14FN5O2. The Kier molecular flexibility index (Phi) is 4.60. The van der Waals surface area contributed by atoms with E-state index in [1.54, 1.807) is 12.1 Å². The molecule has 0 unspecified atom stereocenters. The third kappa shape index (κ3) is 3.62. The lowest BCUT2D eigenvalue weighted by Gasteiger charge is -2.09. The van der Waals surface area contributed by atoms with Crippen molar-refractivity contribution in [1.29, 1.82) is 0 Å². The van der Waals surface area contributed by atoms with Gasteiger partial charge >= 0.3 is 5.69 Å². The fraction of sp³-hybridized carbons (Fsp3) is 0.231. The molecule has 0 radical (unpaired) electrons. The van der Waals surface area contributed by atoms with Crippen molar-refractivity contribution >= 4 is 17.3 Å². The molecule has 0 saturated carbocycles. The van der Waals surface area contributed by atoms with Gasteiger partial charge in [0.15, 0.2) is 0 Å².